The van der Waals surface area contributed by atoms with E-state index in [1.54, 1.807) is 9.80 Å². The Kier molecular flexibility index (Phi) is 8.61. The summed E-state index contributed by atoms with van der Waals surface area (Å²) in [7, 11) is 0. The molecule has 2 amide bonds. The van der Waals surface area contributed by atoms with E-state index in [0.717, 1.165) is 37.3 Å². The van der Waals surface area contributed by atoms with Crippen molar-refractivity contribution < 1.29 is 29.0 Å². The Bertz CT molecular complexity index is 1150. The highest BCUT2D eigenvalue weighted by Gasteiger charge is 2.71. The van der Waals surface area contributed by atoms with Gasteiger partial charge in [0.05, 0.1) is 18.6 Å². The van der Waals surface area contributed by atoms with Crippen LogP contribution in [-0.4, -0.2) is 84.9 Å². The summed E-state index contributed by atoms with van der Waals surface area (Å²) in [6.07, 6.45) is 10.6. The van der Waals surface area contributed by atoms with E-state index in [1.165, 1.54) is 0 Å². The maximum Gasteiger partial charge on any atom is 0.312 e. The fraction of sp³-hybridized carbons (Fsp3) is 0.581. The van der Waals surface area contributed by atoms with E-state index in [0.29, 0.717) is 32.4 Å². The molecule has 5 atom stereocenters. The van der Waals surface area contributed by atoms with Crippen LogP contribution in [0.25, 0.3) is 0 Å². The molecule has 2 unspecified atom stereocenters. The number of esters is 1. The van der Waals surface area contributed by atoms with E-state index in [1.807, 2.05) is 48.6 Å². The molecule has 2 fully saturated rings. The average molecular weight is 552 g/mol. The number of aliphatic hydroxyl groups excluding tert-OH is 1. The maximum atomic E-state index is 14.4. The van der Waals surface area contributed by atoms with Crippen molar-refractivity contribution in [2.45, 2.75) is 63.7 Å². The van der Waals surface area contributed by atoms with Crippen molar-refractivity contribution in [3.8, 4) is 0 Å². The van der Waals surface area contributed by atoms with Crippen molar-refractivity contribution in [1.82, 2.24) is 4.90 Å². The Morgan fingerprint density at radius 1 is 1.00 bits per heavy atom. The second kappa shape index (κ2) is 12.1. The Morgan fingerprint density at radius 3 is 2.48 bits per heavy atom. The number of amides is 2. The van der Waals surface area contributed by atoms with E-state index in [-0.39, 0.29) is 25.0 Å². The first kappa shape index (κ1) is 28.4. The van der Waals surface area contributed by atoms with Crippen molar-refractivity contribution in [2.75, 3.05) is 49.2 Å². The molecule has 5 rings (SSSR count). The number of aliphatic hydroxyl groups is 1. The van der Waals surface area contributed by atoms with Crippen LogP contribution in [0.5, 0.6) is 0 Å². The Hall–Kier alpha value is -3.17. The molecule has 0 radical (unpaired) electrons. The van der Waals surface area contributed by atoms with Crippen LogP contribution in [0.1, 0.15) is 46.0 Å². The topological polar surface area (TPSA) is 99.6 Å². The van der Waals surface area contributed by atoms with Crippen LogP contribution in [0.3, 0.4) is 0 Å². The lowest BCUT2D eigenvalue weighted by Gasteiger charge is -2.35. The number of hydrogen-bond acceptors (Lipinski definition) is 7. The molecule has 40 heavy (non-hydrogen) atoms. The van der Waals surface area contributed by atoms with Gasteiger partial charge in [0.15, 0.2) is 0 Å². The lowest BCUT2D eigenvalue weighted by atomic mass is 9.77. The molecule has 0 saturated carbocycles. The van der Waals surface area contributed by atoms with Crippen molar-refractivity contribution in [3.63, 3.8) is 0 Å². The SMILES string of the molecule is CCN(CC)c1ccc(N2CC=CC34O[C@@H]5C=CCCOC(=O)C5[C@H]3C(=O)N(CCCCCCO)[C@@H]4C2=O)cc1. The predicted molar refractivity (Wildman–Crippen MR) is 152 cm³/mol. The molecule has 4 aliphatic rings. The third kappa shape index (κ3) is 4.94. The first-order chi connectivity index (χ1) is 19.5. The van der Waals surface area contributed by atoms with Gasteiger partial charge in [0, 0.05) is 44.2 Å². The Balaban J connectivity index is 1.50. The molecule has 216 valence electrons. The van der Waals surface area contributed by atoms with E-state index >= 15 is 0 Å². The number of nitrogens with zero attached hydrogens (tertiary/aromatic N) is 3. The number of likely N-dealkylation sites (tertiary alicyclic amines) is 1. The number of anilines is 2. The van der Waals surface area contributed by atoms with Gasteiger partial charge in [-0.3, -0.25) is 14.4 Å². The summed E-state index contributed by atoms with van der Waals surface area (Å²) in [6, 6.07) is 7.06. The van der Waals surface area contributed by atoms with Gasteiger partial charge in [-0.15, -0.1) is 0 Å². The molecule has 1 N–H and O–H groups in total. The third-order valence-electron chi connectivity index (χ3n) is 8.72. The average Bonchev–Trinajstić information content (AvgIpc) is 3.32. The number of carbonyl (C=O) groups is 3. The first-order valence-corrected chi connectivity index (χ1v) is 14.7. The van der Waals surface area contributed by atoms with Crippen LogP contribution in [0.15, 0.2) is 48.6 Å². The second-order valence-corrected chi connectivity index (χ2v) is 10.9. The van der Waals surface area contributed by atoms with E-state index in [9.17, 15) is 14.4 Å². The molecule has 9 heteroatoms. The standard InChI is InChI=1S/C31H41N3O6/c1-3-32(4-2)22-13-15-23(16-14-22)33-19-11-17-31-26(25-24(40-31)12-7-10-21-39-30(25)38)28(36)34(27(31)29(33)37)18-8-5-6-9-20-35/h7,11-17,24-27,35H,3-6,8-10,18-21H2,1-2H3/t24-,25?,26+,27-,31?/m1/s1. The summed E-state index contributed by atoms with van der Waals surface area (Å²) in [6.45, 7) is 7.11. The van der Waals surface area contributed by atoms with E-state index in [2.05, 4.69) is 18.7 Å². The quantitative estimate of drug-likeness (QED) is 0.271. The van der Waals surface area contributed by atoms with Gasteiger partial charge in [-0.2, -0.15) is 0 Å². The fourth-order valence-corrected chi connectivity index (χ4v) is 6.76. The Morgan fingerprint density at radius 2 is 1.75 bits per heavy atom. The number of unbranched alkanes of at least 4 members (excludes halogenated alkanes) is 3. The largest absolute Gasteiger partial charge is 0.465 e. The number of carbonyl (C=O) groups excluding carboxylic acids is 3. The molecule has 0 aromatic heterocycles. The van der Waals surface area contributed by atoms with Crippen molar-refractivity contribution in [1.29, 1.82) is 0 Å². The molecule has 9 nitrogen and oxygen atoms in total. The van der Waals surface area contributed by atoms with Crippen LogP contribution < -0.4 is 9.80 Å². The zero-order valence-electron chi connectivity index (χ0n) is 23.5. The van der Waals surface area contributed by atoms with Gasteiger partial charge >= 0.3 is 5.97 Å². The van der Waals surface area contributed by atoms with Gasteiger partial charge in [-0.05, 0) is 57.4 Å². The minimum Gasteiger partial charge on any atom is -0.465 e. The second-order valence-electron chi connectivity index (χ2n) is 10.9. The summed E-state index contributed by atoms with van der Waals surface area (Å²) in [5.41, 5.74) is 0.590. The molecule has 4 heterocycles. The van der Waals surface area contributed by atoms with Gasteiger partial charge in [-0.25, -0.2) is 0 Å². The zero-order chi connectivity index (χ0) is 28.3. The molecule has 0 bridgehead atoms. The van der Waals surface area contributed by atoms with Gasteiger partial charge in [0.1, 0.15) is 17.6 Å². The summed E-state index contributed by atoms with van der Waals surface area (Å²) >= 11 is 0. The number of cyclic esters (lactones) is 1. The first-order valence-electron chi connectivity index (χ1n) is 14.7. The molecule has 1 aromatic rings. The van der Waals surface area contributed by atoms with Gasteiger partial charge < -0.3 is 29.3 Å². The number of hydrogen-bond donors (Lipinski definition) is 1. The highest BCUT2D eigenvalue weighted by molar-refractivity contribution is 6.05. The van der Waals surface area contributed by atoms with Crippen molar-refractivity contribution in [2.24, 2.45) is 11.8 Å². The van der Waals surface area contributed by atoms with Crippen LogP contribution in [-0.2, 0) is 23.9 Å². The van der Waals surface area contributed by atoms with Gasteiger partial charge in [0.2, 0.25) is 5.91 Å². The Labute approximate surface area is 236 Å². The van der Waals surface area contributed by atoms with Crippen LogP contribution in [0, 0.1) is 11.8 Å². The third-order valence-corrected chi connectivity index (χ3v) is 8.72. The van der Waals surface area contributed by atoms with Crippen LogP contribution in [0.4, 0.5) is 11.4 Å². The summed E-state index contributed by atoms with van der Waals surface area (Å²) in [4.78, 5) is 47.3. The number of rotatable bonds is 10. The number of ether oxygens (including phenoxy) is 2. The highest BCUT2D eigenvalue weighted by Crippen LogP contribution is 2.53. The van der Waals surface area contributed by atoms with Gasteiger partial charge in [-0.1, -0.05) is 37.1 Å². The van der Waals surface area contributed by atoms with Crippen molar-refractivity contribution in [3.05, 3.63) is 48.6 Å². The smallest absolute Gasteiger partial charge is 0.312 e. The molecule has 1 aromatic carbocycles. The minimum absolute atomic E-state index is 0.133. The minimum atomic E-state index is -1.25. The molecular weight excluding hydrogens is 510 g/mol. The molecular formula is C31H41N3O6. The molecule has 2 saturated heterocycles. The maximum absolute atomic E-state index is 14.4. The zero-order valence-corrected chi connectivity index (χ0v) is 23.5. The number of fused-ring (bicyclic) bond motifs is 2. The van der Waals surface area contributed by atoms with E-state index < -0.39 is 35.6 Å². The van der Waals surface area contributed by atoms with Crippen LogP contribution in [0.2, 0.25) is 0 Å². The summed E-state index contributed by atoms with van der Waals surface area (Å²) in [5, 5.41) is 9.15. The van der Waals surface area contributed by atoms with Crippen molar-refractivity contribution >= 4 is 29.2 Å². The predicted octanol–water partition coefficient (Wildman–Crippen LogP) is 3.07. The lowest BCUT2D eigenvalue weighted by molar-refractivity contribution is -0.154. The highest BCUT2D eigenvalue weighted by atomic mass is 16.6. The molecule has 4 aliphatic heterocycles. The molecule has 1 spiro atoms. The molecule has 0 aliphatic carbocycles. The van der Waals surface area contributed by atoms with Crippen LogP contribution >= 0.6 is 0 Å². The number of benzene rings is 1. The lowest BCUT2D eigenvalue weighted by Crippen LogP contribution is -2.55. The normalized spacial score (nSPS) is 29.4. The fourth-order valence-electron chi connectivity index (χ4n) is 6.76. The van der Waals surface area contributed by atoms with E-state index in [4.69, 9.17) is 14.6 Å². The van der Waals surface area contributed by atoms with Gasteiger partial charge in [0.25, 0.3) is 5.91 Å². The summed E-state index contributed by atoms with van der Waals surface area (Å²) < 4.78 is 12.1. The summed E-state index contributed by atoms with van der Waals surface area (Å²) in [5.74, 6) is -2.52. The monoisotopic (exact) mass is 551 g/mol.